The maximum absolute atomic E-state index is 13.1. The van der Waals surface area contributed by atoms with Crippen molar-refractivity contribution in [2.45, 2.75) is 57.8 Å². The number of nitrogens with zero attached hydrogens (tertiary/aromatic N) is 2. The zero-order chi connectivity index (χ0) is 23.3. The Bertz CT molecular complexity index is 929. The zero-order valence-electron chi connectivity index (χ0n) is 18.4. The molecule has 1 unspecified atom stereocenters. The van der Waals surface area contributed by atoms with E-state index in [4.69, 9.17) is 4.74 Å². The first-order chi connectivity index (χ1) is 15.2. The van der Waals surface area contributed by atoms with Gasteiger partial charge in [-0.2, -0.15) is 12.6 Å². The minimum Gasteiger partial charge on any atom is -0.473 e. The summed E-state index contributed by atoms with van der Waals surface area (Å²) in [5.74, 6) is -0.217. The molecule has 1 aromatic rings. The molecular formula is C21H29N5O4S2. The van der Waals surface area contributed by atoms with Crippen molar-refractivity contribution in [2.75, 3.05) is 12.4 Å². The Kier molecular flexibility index (Phi) is 7.94. The first-order valence-electron chi connectivity index (χ1n) is 10.5. The standard InChI is InChI=1S/C21H29N5O4S2/c1-12(2)17-18(28)23-13(6-4-5-7-31)8-15(27)22-9-16-24-14(10-32-16)19-26-21(3,11-30-19)20(29)25-17/h4,6,10,12-13,17,31H,5,7-9,11H2,1-3H3,(H,22,27)(H,23,28)(H,25,29)/t13-,17?,21+/m1/s1. The van der Waals surface area contributed by atoms with Gasteiger partial charge in [0.2, 0.25) is 17.7 Å². The van der Waals surface area contributed by atoms with E-state index >= 15 is 0 Å². The third-order valence-corrected chi connectivity index (χ3v) is 6.27. The Balaban J connectivity index is 1.92. The Morgan fingerprint density at radius 2 is 2.12 bits per heavy atom. The highest BCUT2D eigenvalue weighted by atomic mass is 32.1. The molecule has 32 heavy (non-hydrogen) atoms. The van der Waals surface area contributed by atoms with E-state index in [0.29, 0.717) is 22.9 Å². The maximum Gasteiger partial charge on any atom is 0.251 e. The quantitative estimate of drug-likeness (QED) is 0.382. The molecule has 11 heteroatoms. The van der Waals surface area contributed by atoms with Crippen LogP contribution in [0.2, 0.25) is 0 Å². The van der Waals surface area contributed by atoms with Crippen LogP contribution in [0, 0.1) is 5.92 Å². The van der Waals surface area contributed by atoms with E-state index < -0.39 is 23.5 Å². The molecule has 3 amide bonds. The summed E-state index contributed by atoms with van der Waals surface area (Å²) in [4.78, 5) is 47.6. The van der Waals surface area contributed by atoms with Gasteiger partial charge in [0.1, 0.15) is 23.4 Å². The van der Waals surface area contributed by atoms with Crippen LogP contribution in [0.1, 0.15) is 44.3 Å². The molecule has 3 heterocycles. The van der Waals surface area contributed by atoms with Crippen LogP contribution < -0.4 is 16.0 Å². The van der Waals surface area contributed by atoms with Gasteiger partial charge in [0.25, 0.3) is 5.91 Å². The number of carbonyl (C=O) groups excluding carboxylic acids is 3. The Hall–Kier alpha value is -2.40. The molecule has 3 rings (SSSR count). The molecule has 9 nitrogen and oxygen atoms in total. The molecule has 0 saturated carbocycles. The number of carbonyl (C=O) groups is 3. The van der Waals surface area contributed by atoms with Crippen molar-refractivity contribution in [3.8, 4) is 0 Å². The van der Waals surface area contributed by atoms with Gasteiger partial charge in [-0.05, 0) is 25.0 Å². The smallest absolute Gasteiger partial charge is 0.251 e. The van der Waals surface area contributed by atoms with Gasteiger partial charge < -0.3 is 20.7 Å². The number of aliphatic imine (C=N–C) groups is 1. The fourth-order valence-electron chi connectivity index (χ4n) is 3.29. The number of nitrogens with one attached hydrogen (secondary N) is 3. The third kappa shape index (κ3) is 5.89. The number of thiazole rings is 1. The average Bonchev–Trinajstić information content (AvgIpc) is 3.37. The van der Waals surface area contributed by atoms with Crippen molar-refractivity contribution in [1.82, 2.24) is 20.9 Å². The lowest BCUT2D eigenvalue weighted by atomic mass is 9.99. The van der Waals surface area contributed by atoms with Crippen LogP contribution in [0.4, 0.5) is 0 Å². The van der Waals surface area contributed by atoms with Crippen molar-refractivity contribution < 1.29 is 19.1 Å². The summed E-state index contributed by atoms with van der Waals surface area (Å²) < 4.78 is 5.66. The van der Waals surface area contributed by atoms with Gasteiger partial charge in [-0.25, -0.2) is 9.98 Å². The number of allylic oxidation sites excluding steroid dienone is 1. The topological polar surface area (TPSA) is 122 Å². The van der Waals surface area contributed by atoms with E-state index in [2.05, 4.69) is 38.6 Å². The lowest BCUT2D eigenvalue weighted by molar-refractivity contribution is -0.133. The van der Waals surface area contributed by atoms with Crippen molar-refractivity contribution >= 4 is 47.6 Å². The number of rotatable bonds is 4. The molecule has 174 valence electrons. The molecule has 0 spiro atoms. The normalized spacial score (nSPS) is 27.0. The second-order valence-corrected chi connectivity index (χ2v) is 9.73. The second kappa shape index (κ2) is 10.5. The largest absolute Gasteiger partial charge is 0.473 e. The molecule has 0 aromatic carbocycles. The highest BCUT2D eigenvalue weighted by Gasteiger charge is 2.42. The molecule has 2 aliphatic rings. The minimum absolute atomic E-state index is 0.0548. The van der Waals surface area contributed by atoms with Gasteiger partial charge in [0.05, 0.1) is 19.0 Å². The minimum atomic E-state index is -1.16. The van der Waals surface area contributed by atoms with Crippen LogP contribution in [0.3, 0.4) is 0 Å². The van der Waals surface area contributed by atoms with Gasteiger partial charge >= 0.3 is 0 Å². The number of ether oxygens (including phenoxy) is 1. The van der Waals surface area contributed by atoms with E-state index in [1.807, 2.05) is 19.9 Å². The zero-order valence-corrected chi connectivity index (χ0v) is 20.1. The van der Waals surface area contributed by atoms with Crippen LogP contribution in [-0.4, -0.2) is 58.6 Å². The van der Waals surface area contributed by atoms with Gasteiger partial charge in [0, 0.05) is 5.38 Å². The van der Waals surface area contributed by atoms with E-state index in [1.165, 1.54) is 11.3 Å². The first kappa shape index (κ1) is 24.2. The summed E-state index contributed by atoms with van der Waals surface area (Å²) in [5.41, 5.74) is -0.641. The predicted octanol–water partition coefficient (Wildman–Crippen LogP) is 1.20. The monoisotopic (exact) mass is 479 g/mol. The molecule has 0 fully saturated rings. The van der Waals surface area contributed by atoms with Gasteiger partial charge in [-0.1, -0.05) is 26.0 Å². The Morgan fingerprint density at radius 3 is 2.84 bits per heavy atom. The number of hydrogen-bond donors (Lipinski definition) is 4. The molecule has 0 saturated heterocycles. The molecule has 3 atom stereocenters. The highest BCUT2D eigenvalue weighted by Crippen LogP contribution is 2.23. The fraction of sp³-hybridized carbons (Fsp3) is 0.571. The maximum atomic E-state index is 13.1. The summed E-state index contributed by atoms with van der Waals surface area (Å²) in [6.07, 6.45) is 4.45. The lowest BCUT2D eigenvalue weighted by Gasteiger charge is -2.27. The van der Waals surface area contributed by atoms with Crippen molar-refractivity contribution in [3.05, 3.63) is 28.2 Å². The number of aromatic nitrogens is 1. The number of hydrogen-bond acceptors (Lipinski definition) is 8. The summed E-state index contributed by atoms with van der Waals surface area (Å²) >= 11 is 5.56. The third-order valence-electron chi connectivity index (χ3n) is 5.17. The Morgan fingerprint density at radius 1 is 1.34 bits per heavy atom. The SMILES string of the molecule is CC(C)C1NC(=O)[C@]2(C)COC(=N2)c2csc(n2)CNC(=O)C[C@@H](C=CCCS)NC1=O. The van der Waals surface area contributed by atoms with Crippen LogP contribution in [-0.2, 0) is 25.7 Å². The molecule has 0 radical (unpaired) electrons. The van der Waals surface area contributed by atoms with E-state index in [0.717, 1.165) is 0 Å². The van der Waals surface area contributed by atoms with Crippen molar-refractivity contribution in [2.24, 2.45) is 10.9 Å². The van der Waals surface area contributed by atoms with Crippen molar-refractivity contribution in [1.29, 1.82) is 0 Å². The van der Waals surface area contributed by atoms with Crippen molar-refractivity contribution in [3.63, 3.8) is 0 Å². The highest BCUT2D eigenvalue weighted by molar-refractivity contribution is 7.80. The molecular weight excluding hydrogens is 450 g/mol. The Labute approximate surface area is 196 Å². The summed E-state index contributed by atoms with van der Waals surface area (Å²) in [5, 5.41) is 11.0. The predicted molar refractivity (Wildman–Crippen MR) is 126 cm³/mol. The van der Waals surface area contributed by atoms with Crippen LogP contribution in [0.5, 0.6) is 0 Å². The van der Waals surface area contributed by atoms with Gasteiger partial charge in [0.15, 0.2) is 5.54 Å². The van der Waals surface area contributed by atoms with Crippen LogP contribution in [0.15, 0.2) is 22.5 Å². The summed E-state index contributed by atoms with van der Waals surface area (Å²) in [7, 11) is 0. The lowest BCUT2D eigenvalue weighted by Crippen LogP contribution is -2.56. The van der Waals surface area contributed by atoms with E-state index in [1.54, 1.807) is 18.4 Å². The molecule has 3 N–H and O–H groups in total. The average molecular weight is 480 g/mol. The van der Waals surface area contributed by atoms with Crippen LogP contribution >= 0.6 is 24.0 Å². The first-order valence-corrected chi connectivity index (χ1v) is 12.1. The fourth-order valence-corrected chi connectivity index (χ4v) is 4.14. The van der Waals surface area contributed by atoms with E-state index in [9.17, 15) is 14.4 Å². The summed E-state index contributed by atoms with van der Waals surface area (Å²) in [6, 6.07) is -1.31. The van der Waals surface area contributed by atoms with E-state index in [-0.39, 0.29) is 43.2 Å². The molecule has 0 aliphatic carbocycles. The van der Waals surface area contributed by atoms with Gasteiger partial charge in [-0.15, -0.1) is 11.3 Å². The second-order valence-electron chi connectivity index (χ2n) is 8.34. The molecule has 2 aliphatic heterocycles. The summed E-state index contributed by atoms with van der Waals surface area (Å²) in [6.45, 7) is 5.67. The number of amides is 3. The van der Waals surface area contributed by atoms with Gasteiger partial charge in [-0.3, -0.25) is 14.4 Å². The van der Waals surface area contributed by atoms with Crippen LogP contribution in [0.25, 0.3) is 0 Å². The molecule has 4 bridgehead atoms. The molecule has 1 aromatic heterocycles. The number of thiol groups is 1. The number of fused-ring (bicyclic) bond motifs is 4.